The minimum absolute atomic E-state index is 0.0301. The van der Waals surface area contributed by atoms with E-state index in [1.807, 2.05) is 48.7 Å². The average Bonchev–Trinajstić information content (AvgIpc) is 3.13. The highest BCUT2D eigenvalue weighted by Gasteiger charge is 2.15. The van der Waals surface area contributed by atoms with Crippen molar-refractivity contribution in [2.75, 3.05) is 5.75 Å². The topological polar surface area (TPSA) is 76.9 Å². The maximum absolute atomic E-state index is 12.4. The summed E-state index contributed by atoms with van der Waals surface area (Å²) in [6.45, 7) is 4.81. The molecule has 3 rings (SSSR count). The molecule has 0 unspecified atom stereocenters. The molecule has 0 aliphatic heterocycles. The van der Waals surface area contributed by atoms with Gasteiger partial charge in [-0.05, 0) is 37.6 Å². The van der Waals surface area contributed by atoms with E-state index in [2.05, 4.69) is 31.4 Å². The first-order valence-electron chi connectivity index (χ1n) is 9.17. The van der Waals surface area contributed by atoms with Gasteiger partial charge in [-0.25, -0.2) is 0 Å². The highest BCUT2D eigenvalue weighted by Crippen LogP contribution is 2.20. The summed E-state index contributed by atoms with van der Waals surface area (Å²) in [7, 11) is 0. The number of Topliss-reactive ketones (excluding diaryl/α,β-unsaturated/α-hetero) is 1. The number of benzene rings is 2. The number of carbonyl (C=O) groups excluding carboxylic acids is 2. The van der Waals surface area contributed by atoms with Gasteiger partial charge in [0.2, 0.25) is 0 Å². The Kier molecular flexibility index (Phi) is 7.22. The number of rotatable bonds is 8. The number of hydrogen-bond acceptors (Lipinski definition) is 5. The monoisotopic (exact) mass is 472 g/mol. The molecule has 0 fully saturated rings. The third-order valence-electron chi connectivity index (χ3n) is 4.40. The molecule has 0 bridgehead atoms. The first kappa shape index (κ1) is 21.3. The lowest BCUT2D eigenvalue weighted by Crippen LogP contribution is -2.25. The molecule has 1 N–H and O–H groups in total. The number of carbonyl (C=O) groups is 2. The third-order valence-corrected chi connectivity index (χ3v) is 5.90. The summed E-state index contributed by atoms with van der Waals surface area (Å²) >= 11 is 4.72. The van der Waals surface area contributed by atoms with Gasteiger partial charge in [-0.15, -0.1) is 10.2 Å². The SMILES string of the molecule is CCn1c(CNC(=O)c2ccccc2C)nnc1SCC(=O)c1ccc(Br)cc1. The zero-order chi connectivity index (χ0) is 20.8. The van der Waals surface area contributed by atoms with Gasteiger partial charge in [0.15, 0.2) is 16.8 Å². The Bertz CT molecular complexity index is 1020. The Morgan fingerprint density at radius 3 is 2.52 bits per heavy atom. The molecule has 0 aliphatic rings. The fourth-order valence-electron chi connectivity index (χ4n) is 2.81. The summed E-state index contributed by atoms with van der Waals surface area (Å²) in [5.41, 5.74) is 2.23. The first-order valence-corrected chi connectivity index (χ1v) is 10.9. The van der Waals surface area contributed by atoms with Crippen LogP contribution >= 0.6 is 27.7 Å². The molecule has 1 amide bonds. The number of ketones is 1. The van der Waals surface area contributed by atoms with Crippen molar-refractivity contribution in [3.05, 3.63) is 75.5 Å². The molecular weight excluding hydrogens is 452 g/mol. The van der Waals surface area contributed by atoms with Gasteiger partial charge in [-0.2, -0.15) is 0 Å². The van der Waals surface area contributed by atoms with Crippen molar-refractivity contribution in [2.24, 2.45) is 0 Å². The van der Waals surface area contributed by atoms with Gasteiger partial charge in [-0.3, -0.25) is 9.59 Å². The largest absolute Gasteiger partial charge is 0.345 e. The standard InChI is InChI=1S/C21H21BrN4O2S/c1-3-26-19(12-23-20(28)17-7-5-4-6-14(17)2)24-25-21(26)29-13-18(27)15-8-10-16(22)11-9-15/h4-11H,3,12-13H2,1-2H3,(H,23,28). The van der Waals surface area contributed by atoms with Crippen molar-refractivity contribution >= 4 is 39.4 Å². The summed E-state index contributed by atoms with van der Waals surface area (Å²) in [5.74, 6) is 0.818. The minimum atomic E-state index is -0.145. The molecule has 6 nitrogen and oxygen atoms in total. The van der Waals surface area contributed by atoms with E-state index in [0.29, 0.717) is 28.7 Å². The molecule has 1 aromatic heterocycles. The Morgan fingerprint density at radius 1 is 1.10 bits per heavy atom. The fraction of sp³-hybridized carbons (Fsp3) is 0.238. The van der Waals surface area contributed by atoms with Gasteiger partial charge >= 0.3 is 0 Å². The number of aryl methyl sites for hydroxylation is 1. The average molecular weight is 473 g/mol. The van der Waals surface area contributed by atoms with Crippen LogP contribution in [0.15, 0.2) is 58.2 Å². The highest BCUT2D eigenvalue weighted by atomic mass is 79.9. The molecule has 0 saturated carbocycles. The Labute approximate surface area is 182 Å². The lowest BCUT2D eigenvalue weighted by Gasteiger charge is -2.09. The quantitative estimate of drug-likeness (QED) is 0.391. The number of aromatic nitrogens is 3. The van der Waals surface area contributed by atoms with E-state index in [1.165, 1.54) is 11.8 Å². The van der Waals surface area contributed by atoms with Crippen LogP contribution in [-0.2, 0) is 13.1 Å². The molecule has 0 saturated heterocycles. The van der Waals surface area contributed by atoms with Gasteiger partial charge < -0.3 is 9.88 Å². The van der Waals surface area contributed by atoms with E-state index >= 15 is 0 Å². The van der Waals surface area contributed by atoms with Crippen LogP contribution in [0.3, 0.4) is 0 Å². The summed E-state index contributed by atoms with van der Waals surface area (Å²) in [6.07, 6.45) is 0. The van der Waals surface area contributed by atoms with E-state index in [1.54, 1.807) is 18.2 Å². The predicted molar refractivity (Wildman–Crippen MR) is 117 cm³/mol. The number of hydrogen-bond donors (Lipinski definition) is 1. The summed E-state index contributed by atoms with van der Waals surface area (Å²) in [5, 5.41) is 12.0. The van der Waals surface area contributed by atoms with Crippen LogP contribution in [0.1, 0.15) is 39.0 Å². The molecule has 2 aromatic carbocycles. The Hall–Kier alpha value is -2.45. The summed E-state index contributed by atoms with van der Waals surface area (Å²) in [6, 6.07) is 14.7. The molecule has 150 valence electrons. The predicted octanol–water partition coefficient (Wildman–Crippen LogP) is 4.27. The first-order chi connectivity index (χ1) is 14.0. The molecule has 0 spiro atoms. The second-order valence-electron chi connectivity index (χ2n) is 6.36. The van der Waals surface area contributed by atoms with Crippen molar-refractivity contribution in [1.82, 2.24) is 20.1 Å². The second-order valence-corrected chi connectivity index (χ2v) is 8.22. The van der Waals surface area contributed by atoms with Crippen LogP contribution in [0, 0.1) is 6.92 Å². The number of halogens is 1. The zero-order valence-corrected chi connectivity index (χ0v) is 18.6. The van der Waals surface area contributed by atoms with Crippen LogP contribution < -0.4 is 5.32 Å². The van der Waals surface area contributed by atoms with Gasteiger partial charge in [0.1, 0.15) is 0 Å². The van der Waals surface area contributed by atoms with E-state index in [0.717, 1.165) is 10.0 Å². The van der Waals surface area contributed by atoms with Crippen LogP contribution in [0.2, 0.25) is 0 Å². The number of amides is 1. The van der Waals surface area contributed by atoms with Crippen LogP contribution in [-0.4, -0.2) is 32.2 Å². The maximum atomic E-state index is 12.4. The lowest BCUT2D eigenvalue weighted by atomic mass is 10.1. The summed E-state index contributed by atoms with van der Waals surface area (Å²) in [4.78, 5) is 24.8. The molecule has 29 heavy (non-hydrogen) atoms. The molecule has 1 heterocycles. The maximum Gasteiger partial charge on any atom is 0.251 e. The third kappa shape index (κ3) is 5.33. The van der Waals surface area contributed by atoms with Crippen molar-refractivity contribution in [1.29, 1.82) is 0 Å². The van der Waals surface area contributed by atoms with Gasteiger partial charge in [0.25, 0.3) is 5.91 Å². The van der Waals surface area contributed by atoms with E-state index in [4.69, 9.17) is 0 Å². The second kappa shape index (κ2) is 9.84. The van der Waals surface area contributed by atoms with Crippen LogP contribution in [0.25, 0.3) is 0 Å². The lowest BCUT2D eigenvalue weighted by molar-refractivity contribution is 0.0948. The van der Waals surface area contributed by atoms with Crippen LogP contribution in [0.4, 0.5) is 0 Å². The minimum Gasteiger partial charge on any atom is -0.345 e. The Balaban J connectivity index is 1.62. The van der Waals surface area contributed by atoms with E-state index in [9.17, 15) is 9.59 Å². The van der Waals surface area contributed by atoms with Crippen LogP contribution in [0.5, 0.6) is 0 Å². The van der Waals surface area contributed by atoms with E-state index < -0.39 is 0 Å². The highest BCUT2D eigenvalue weighted by molar-refractivity contribution is 9.10. The molecule has 3 aromatic rings. The van der Waals surface area contributed by atoms with Gasteiger partial charge in [0.05, 0.1) is 12.3 Å². The number of thioether (sulfide) groups is 1. The van der Waals surface area contributed by atoms with Crippen molar-refractivity contribution in [2.45, 2.75) is 32.1 Å². The van der Waals surface area contributed by atoms with Crippen molar-refractivity contribution in [3.8, 4) is 0 Å². The smallest absolute Gasteiger partial charge is 0.251 e. The summed E-state index contributed by atoms with van der Waals surface area (Å²) < 4.78 is 2.85. The number of nitrogens with zero attached hydrogens (tertiary/aromatic N) is 3. The molecule has 0 radical (unpaired) electrons. The van der Waals surface area contributed by atoms with Crippen molar-refractivity contribution < 1.29 is 9.59 Å². The molecular formula is C21H21BrN4O2S. The van der Waals surface area contributed by atoms with E-state index in [-0.39, 0.29) is 24.0 Å². The normalized spacial score (nSPS) is 10.7. The molecule has 0 aliphatic carbocycles. The molecule has 8 heteroatoms. The number of nitrogens with one attached hydrogen (secondary N) is 1. The van der Waals surface area contributed by atoms with Crippen molar-refractivity contribution in [3.63, 3.8) is 0 Å². The van der Waals surface area contributed by atoms with Gasteiger partial charge in [0, 0.05) is 22.1 Å². The fourth-order valence-corrected chi connectivity index (χ4v) is 3.99. The zero-order valence-electron chi connectivity index (χ0n) is 16.2. The molecule has 0 atom stereocenters. The Morgan fingerprint density at radius 2 is 1.83 bits per heavy atom. The van der Waals surface area contributed by atoms with Gasteiger partial charge in [-0.1, -0.05) is 58.0 Å².